The summed E-state index contributed by atoms with van der Waals surface area (Å²) >= 11 is 0. The van der Waals surface area contributed by atoms with E-state index in [4.69, 9.17) is 5.26 Å². The summed E-state index contributed by atoms with van der Waals surface area (Å²) in [4.78, 5) is 21.7. The van der Waals surface area contributed by atoms with Gasteiger partial charge in [-0.05, 0) is 91.3 Å². The summed E-state index contributed by atoms with van der Waals surface area (Å²) in [5, 5.41) is 12.8. The van der Waals surface area contributed by atoms with Crippen LogP contribution in [0.25, 0.3) is 10.9 Å². The molecule has 5 nitrogen and oxygen atoms in total. The molecule has 0 aliphatic heterocycles. The predicted octanol–water partition coefficient (Wildman–Crippen LogP) is 5.83. The van der Waals surface area contributed by atoms with Crippen molar-refractivity contribution in [2.24, 2.45) is 23.2 Å². The Morgan fingerprint density at radius 1 is 1.09 bits per heavy atom. The van der Waals surface area contributed by atoms with Crippen LogP contribution in [0, 0.1) is 40.3 Å². The molecule has 2 saturated carbocycles. The standard InChI is InChI=1S/C27H27FN4O/c1-27(2,26(33)32-25-6-3-16(14-29)15-31-25)20-11-17-9-19(10-18(17)12-20)22-7-8-30-24-5-4-21(28)13-23(22)24/h3-8,13,15,17-20H,9-12H2,1-2H3,(H,31,32,33). The van der Waals surface area contributed by atoms with Crippen LogP contribution in [0.1, 0.15) is 56.6 Å². The van der Waals surface area contributed by atoms with Crippen LogP contribution in [-0.4, -0.2) is 15.9 Å². The number of nitrogens with zero attached hydrogens (tertiary/aromatic N) is 3. The molecule has 2 atom stereocenters. The van der Waals surface area contributed by atoms with Crippen molar-refractivity contribution in [3.05, 3.63) is 65.7 Å². The normalized spacial score (nSPS) is 24.4. The highest BCUT2D eigenvalue weighted by molar-refractivity contribution is 5.94. The monoisotopic (exact) mass is 442 g/mol. The summed E-state index contributed by atoms with van der Waals surface area (Å²) in [6, 6.07) is 12.2. The number of anilines is 1. The highest BCUT2D eigenvalue weighted by atomic mass is 19.1. The lowest BCUT2D eigenvalue weighted by Crippen LogP contribution is -2.37. The van der Waals surface area contributed by atoms with Gasteiger partial charge in [0, 0.05) is 23.2 Å². The number of nitriles is 1. The van der Waals surface area contributed by atoms with E-state index in [1.54, 1.807) is 24.3 Å². The fourth-order valence-corrected chi connectivity index (χ4v) is 5.95. The summed E-state index contributed by atoms with van der Waals surface area (Å²) < 4.78 is 13.9. The zero-order chi connectivity index (χ0) is 23.2. The van der Waals surface area contributed by atoms with Gasteiger partial charge < -0.3 is 5.32 Å². The Morgan fingerprint density at radius 3 is 2.52 bits per heavy atom. The van der Waals surface area contributed by atoms with E-state index in [0.29, 0.717) is 35.1 Å². The topological polar surface area (TPSA) is 78.7 Å². The number of amides is 1. The van der Waals surface area contributed by atoms with Gasteiger partial charge in [0.25, 0.3) is 0 Å². The van der Waals surface area contributed by atoms with E-state index >= 15 is 0 Å². The predicted molar refractivity (Wildman–Crippen MR) is 125 cm³/mol. The Balaban J connectivity index is 1.27. The van der Waals surface area contributed by atoms with Gasteiger partial charge >= 0.3 is 0 Å². The molecule has 5 rings (SSSR count). The second kappa shape index (κ2) is 8.22. The van der Waals surface area contributed by atoms with Crippen LogP contribution in [-0.2, 0) is 4.79 Å². The van der Waals surface area contributed by atoms with Gasteiger partial charge in [0.05, 0.1) is 11.1 Å². The molecule has 2 aliphatic rings. The number of benzene rings is 1. The van der Waals surface area contributed by atoms with Crippen molar-refractivity contribution >= 4 is 22.6 Å². The number of pyridine rings is 2. The van der Waals surface area contributed by atoms with Crippen LogP contribution in [0.3, 0.4) is 0 Å². The van der Waals surface area contributed by atoms with Crippen molar-refractivity contribution in [2.45, 2.75) is 45.4 Å². The second-order valence-electron chi connectivity index (χ2n) is 10.1. The average Bonchev–Trinajstić information content (AvgIpc) is 3.39. The summed E-state index contributed by atoms with van der Waals surface area (Å²) in [6.45, 7) is 4.04. The van der Waals surface area contributed by atoms with Crippen molar-refractivity contribution in [3.63, 3.8) is 0 Å². The van der Waals surface area contributed by atoms with Crippen LogP contribution >= 0.6 is 0 Å². The van der Waals surface area contributed by atoms with E-state index in [0.717, 1.165) is 36.6 Å². The fraction of sp³-hybridized carbons (Fsp3) is 0.407. The smallest absolute Gasteiger partial charge is 0.231 e. The minimum Gasteiger partial charge on any atom is -0.310 e. The molecule has 0 spiro atoms. The zero-order valence-electron chi connectivity index (χ0n) is 18.9. The molecule has 33 heavy (non-hydrogen) atoms. The van der Waals surface area contributed by atoms with E-state index in [1.165, 1.54) is 17.8 Å². The minimum atomic E-state index is -0.512. The highest BCUT2D eigenvalue weighted by Crippen LogP contribution is 2.56. The Hall–Kier alpha value is -3.33. The van der Waals surface area contributed by atoms with Crippen LogP contribution < -0.4 is 5.32 Å². The third-order valence-corrected chi connectivity index (χ3v) is 7.93. The number of nitrogens with one attached hydrogen (secondary N) is 1. The molecule has 1 aromatic carbocycles. The Bertz CT molecular complexity index is 1230. The van der Waals surface area contributed by atoms with Gasteiger partial charge in [-0.1, -0.05) is 13.8 Å². The number of carbonyl (C=O) groups excluding carboxylic acids is 1. The molecule has 1 N–H and O–H groups in total. The summed E-state index contributed by atoms with van der Waals surface area (Å²) in [6.07, 6.45) is 7.51. The Labute approximate surface area is 193 Å². The highest BCUT2D eigenvalue weighted by Gasteiger charge is 2.49. The SMILES string of the molecule is CC(C)(C(=O)Nc1ccc(C#N)cn1)C1CC2CC(c3ccnc4ccc(F)cc34)CC2C1. The van der Waals surface area contributed by atoms with E-state index < -0.39 is 5.41 Å². The molecule has 2 heterocycles. The molecule has 0 radical (unpaired) electrons. The molecule has 0 saturated heterocycles. The van der Waals surface area contributed by atoms with E-state index in [-0.39, 0.29) is 11.7 Å². The van der Waals surface area contributed by atoms with Gasteiger partial charge in [0.2, 0.25) is 5.91 Å². The number of halogens is 1. The first-order valence-electron chi connectivity index (χ1n) is 11.6. The van der Waals surface area contributed by atoms with Gasteiger partial charge in [-0.15, -0.1) is 0 Å². The van der Waals surface area contributed by atoms with Crippen molar-refractivity contribution < 1.29 is 9.18 Å². The van der Waals surface area contributed by atoms with Crippen molar-refractivity contribution in [1.29, 1.82) is 5.26 Å². The third-order valence-electron chi connectivity index (χ3n) is 7.93. The zero-order valence-corrected chi connectivity index (χ0v) is 18.9. The average molecular weight is 443 g/mol. The van der Waals surface area contributed by atoms with Crippen molar-refractivity contribution in [1.82, 2.24) is 9.97 Å². The molecule has 6 heteroatoms. The van der Waals surface area contributed by atoms with Crippen LogP contribution in [0.5, 0.6) is 0 Å². The third kappa shape index (κ3) is 3.97. The van der Waals surface area contributed by atoms with E-state index in [1.807, 2.05) is 32.2 Å². The minimum absolute atomic E-state index is 0.0307. The lowest BCUT2D eigenvalue weighted by Gasteiger charge is -2.31. The number of hydrogen-bond donors (Lipinski definition) is 1. The molecule has 3 aromatic rings. The Kier molecular flexibility index (Phi) is 5.36. The van der Waals surface area contributed by atoms with Crippen molar-refractivity contribution in [2.75, 3.05) is 5.32 Å². The quantitative estimate of drug-likeness (QED) is 0.552. The lowest BCUT2D eigenvalue weighted by atomic mass is 9.75. The first-order chi connectivity index (χ1) is 15.8. The maximum atomic E-state index is 13.9. The van der Waals surface area contributed by atoms with E-state index in [2.05, 4.69) is 15.3 Å². The number of hydrogen-bond acceptors (Lipinski definition) is 4. The number of aromatic nitrogens is 2. The summed E-state index contributed by atoms with van der Waals surface area (Å²) in [5.74, 6) is 2.10. The number of fused-ring (bicyclic) bond motifs is 2. The van der Waals surface area contributed by atoms with E-state index in [9.17, 15) is 9.18 Å². The lowest BCUT2D eigenvalue weighted by molar-refractivity contribution is -0.126. The molecule has 2 fully saturated rings. The molecule has 1 amide bonds. The van der Waals surface area contributed by atoms with Crippen LogP contribution in [0.4, 0.5) is 10.2 Å². The van der Waals surface area contributed by atoms with Crippen LogP contribution in [0.2, 0.25) is 0 Å². The van der Waals surface area contributed by atoms with Gasteiger partial charge in [0.15, 0.2) is 0 Å². The van der Waals surface area contributed by atoms with Crippen molar-refractivity contribution in [3.8, 4) is 6.07 Å². The largest absolute Gasteiger partial charge is 0.310 e. The summed E-state index contributed by atoms with van der Waals surface area (Å²) in [5.41, 5.74) is 2.00. The molecular formula is C27H27FN4O. The fourth-order valence-electron chi connectivity index (χ4n) is 5.95. The maximum Gasteiger partial charge on any atom is 0.231 e. The molecule has 2 aromatic heterocycles. The summed E-state index contributed by atoms with van der Waals surface area (Å²) in [7, 11) is 0. The van der Waals surface area contributed by atoms with Gasteiger partial charge in [-0.25, -0.2) is 9.37 Å². The molecular weight excluding hydrogens is 415 g/mol. The van der Waals surface area contributed by atoms with Gasteiger partial charge in [0.1, 0.15) is 17.7 Å². The first kappa shape index (κ1) is 21.5. The number of rotatable bonds is 4. The maximum absolute atomic E-state index is 13.9. The molecule has 2 unspecified atom stereocenters. The second-order valence-corrected chi connectivity index (χ2v) is 10.1. The van der Waals surface area contributed by atoms with Gasteiger partial charge in [-0.3, -0.25) is 9.78 Å². The molecule has 0 bridgehead atoms. The molecule has 2 aliphatic carbocycles. The van der Waals surface area contributed by atoms with Gasteiger partial charge in [-0.2, -0.15) is 5.26 Å². The van der Waals surface area contributed by atoms with Crippen LogP contribution in [0.15, 0.2) is 48.8 Å². The first-order valence-corrected chi connectivity index (χ1v) is 11.6. The molecule has 168 valence electrons. The number of carbonyl (C=O) groups is 1. The Morgan fingerprint density at radius 2 is 1.85 bits per heavy atom.